The van der Waals surface area contributed by atoms with Crippen molar-refractivity contribution in [2.45, 2.75) is 44.6 Å². The van der Waals surface area contributed by atoms with E-state index in [1.165, 1.54) is 17.5 Å². The molecule has 2 heterocycles. The number of benzene rings is 2. The van der Waals surface area contributed by atoms with Gasteiger partial charge in [-0.3, -0.25) is 4.79 Å². The molecular formula is C23H25NO3. The van der Waals surface area contributed by atoms with Gasteiger partial charge in [0.2, 0.25) is 0 Å². The average molecular weight is 363 g/mol. The molecule has 0 aromatic heterocycles. The number of amides is 1. The Hall–Kier alpha value is -2.49. The summed E-state index contributed by atoms with van der Waals surface area (Å²) >= 11 is 0. The first-order valence-corrected chi connectivity index (χ1v) is 10.1. The molecule has 1 fully saturated rings. The van der Waals surface area contributed by atoms with Crippen LogP contribution in [0.4, 0.5) is 0 Å². The van der Waals surface area contributed by atoms with Crippen LogP contribution in [0.25, 0.3) is 0 Å². The molecule has 0 saturated carbocycles. The summed E-state index contributed by atoms with van der Waals surface area (Å²) < 4.78 is 11.6. The molecule has 3 aliphatic rings. The van der Waals surface area contributed by atoms with E-state index in [-0.39, 0.29) is 11.9 Å². The summed E-state index contributed by atoms with van der Waals surface area (Å²) in [6, 6.07) is 12.5. The van der Waals surface area contributed by atoms with Gasteiger partial charge in [0, 0.05) is 18.5 Å². The minimum Gasteiger partial charge on any atom is -0.490 e. The zero-order chi connectivity index (χ0) is 18.2. The predicted octanol–water partition coefficient (Wildman–Crippen LogP) is 4.31. The summed E-state index contributed by atoms with van der Waals surface area (Å²) in [5.41, 5.74) is 4.74. The summed E-state index contributed by atoms with van der Waals surface area (Å²) in [6.45, 7) is 2.19. The van der Waals surface area contributed by atoms with Crippen LogP contribution >= 0.6 is 0 Å². The minimum atomic E-state index is 0.114. The van der Waals surface area contributed by atoms with E-state index in [2.05, 4.69) is 24.3 Å². The molecule has 5 rings (SSSR count). The van der Waals surface area contributed by atoms with Crippen molar-refractivity contribution in [1.82, 2.24) is 4.90 Å². The monoisotopic (exact) mass is 363 g/mol. The van der Waals surface area contributed by atoms with Crippen LogP contribution in [-0.4, -0.2) is 30.6 Å². The topological polar surface area (TPSA) is 38.8 Å². The highest BCUT2D eigenvalue weighted by molar-refractivity contribution is 5.95. The van der Waals surface area contributed by atoms with Gasteiger partial charge in [-0.1, -0.05) is 12.1 Å². The molecule has 1 aliphatic carbocycles. The number of aryl methyl sites for hydroxylation is 2. The van der Waals surface area contributed by atoms with Gasteiger partial charge in [0.25, 0.3) is 5.91 Å². The molecule has 2 aromatic carbocycles. The SMILES string of the molecule is O=C(c1ccc2c(c1)CCC2)N1CCC[C@@H]1c1ccc2c(c1)OCCCO2. The summed E-state index contributed by atoms with van der Waals surface area (Å²) in [5, 5.41) is 0. The normalized spacial score (nSPS) is 21.0. The molecular weight excluding hydrogens is 338 g/mol. The fourth-order valence-electron chi connectivity index (χ4n) is 4.61. The first kappa shape index (κ1) is 16.7. The molecule has 2 aliphatic heterocycles. The number of carbonyl (C=O) groups excluding carboxylic acids is 1. The third kappa shape index (κ3) is 3.07. The molecule has 1 saturated heterocycles. The van der Waals surface area contributed by atoms with Gasteiger partial charge in [-0.15, -0.1) is 0 Å². The Kier molecular flexibility index (Phi) is 4.27. The third-order valence-corrected chi connectivity index (χ3v) is 6.02. The first-order chi connectivity index (χ1) is 13.3. The number of nitrogens with zero attached hydrogens (tertiary/aromatic N) is 1. The lowest BCUT2D eigenvalue weighted by atomic mass is 10.0. The van der Waals surface area contributed by atoms with Gasteiger partial charge in [0.05, 0.1) is 19.3 Å². The lowest BCUT2D eigenvalue weighted by Gasteiger charge is -2.26. The predicted molar refractivity (Wildman–Crippen MR) is 104 cm³/mol. The Labute approximate surface area is 160 Å². The van der Waals surface area contributed by atoms with Crippen LogP contribution in [0.1, 0.15) is 58.8 Å². The number of rotatable bonds is 2. The molecule has 0 unspecified atom stereocenters. The zero-order valence-electron chi connectivity index (χ0n) is 15.6. The van der Waals surface area contributed by atoms with E-state index in [4.69, 9.17) is 9.47 Å². The molecule has 0 N–H and O–H groups in total. The van der Waals surface area contributed by atoms with Crippen molar-refractivity contribution in [2.75, 3.05) is 19.8 Å². The van der Waals surface area contributed by atoms with Crippen molar-refractivity contribution in [3.8, 4) is 11.5 Å². The maximum absolute atomic E-state index is 13.2. The molecule has 1 amide bonds. The Morgan fingerprint density at radius 2 is 1.74 bits per heavy atom. The molecule has 140 valence electrons. The molecule has 0 radical (unpaired) electrons. The standard InChI is InChI=1S/C23H25NO3/c25-23(19-8-7-16-4-1-5-17(16)14-19)24-11-2-6-20(24)18-9-10-21-22(15-18)27-13-3-12-26-21/h7-10,14-15,20H,1-6,11-13H2/t20-/m1/s1. The zero-order valence-corrected chi connectivity index (χ0v) is 15.6. The van der Waals surface area contributed by atoms with E-state index in [0.29, 0.717) is 13.2 Å². The van der Waals surface area contributed by atoms with Crippen molar-refractivity contribution in [1.29, 1.82) is 0 Å². The maximum atomic E-state index is 13.2. The number of carbonyl (C=O) groups is 1. The van der Waals surface area contributed by atoms with Gasteiger partial charge in [-0.05, 0) is 73.1 Å². The molecule has 0 bridgehead atoms. The Morgan fingerprint density at radius 3 is 2.67 bits per heavy atom. The van der Waals surface area contributed by atoms with Crippen LogP contribution in [0.5, 0.6) is 11.5 Å². The number of hydrogen-bond donors (Lipinski definition) is 0. The van der Waals surface area contributed by atoms with Crippen LogP contribution < -0.4 is 9.47 Å². The molecule has 1 atom stereocenters. The van der Waals surface area contributed by atoms with E-state index < -0.39 is 0 Å². The van der Waals surface area contributed by atoms with Crippen molar-refractivity contribution < 1.29 is 14.3 Å². The second-order valence-corrected chi connectivity index (χ2v) is 7.75. The molecule has 0 spiro atoms. The van der Waals surface area contributed by atoms with E-state index in [9.17, 15) is 4.79 Å². The van der Waals surface area contributed by atoms with Crippen molar-refractivity contribution >= 4 is 5.91 Å². The minimum absolute atomic E-state index is 0.114. The van der Waals surface area contributed by atoms with Crippen LogP contribution in [0.3, 0.4) is 0 Å². The summed E-state index contributed by atoms with van der Waals surface area (Å²) in [6.07, 6.45) is 6.38. The Morgan fingerprint density at radius 1 is 0.889 bits per heavy atom. The van der Waals surface area contributed by atoms with E-state index in [0.717, 1.165) is 61.3 Å². The fraction of sp³-hybridized carbons (Fsp3) is 0.435. The number of ether oxygens (including phenoxy) is 2. The Bertz CT molecular complexity index is 876. The van der Waals surface area contributed by atoms with E-state index in [1.807, 2.05) is 17.0 Å². The average Bonchev–Trinajstić information content (AvgIpc) is 3.31. The molecule has 4 heteroatoms. The van der Waals surface area contributed by atoms with Gasteiger partial charge in [0.15, 0.2) is 11.5 Å². The summed E-state index contributed by atoms with van der Waals surface area (Å²) in [4.78, 5) is 15.3. The van der Waals surface area contributed by atoms with Crippen molar-refractivity contribution in [3.63, 3.8) is 0 Å². The Balaban J connectivity index is 1.42. The van der Waals surface area contributed by atoms with E-state index in [1.54, 1.807) is 0 Å². The van der Waals surface area contributed by atoms with Crippen LogP contribution in [-0.2, 0) is 12.8 Å². The highest BCUT2D eigenvalue weighted by Gasteiger charge is 2.31. The summed E-state index contributed by atoms with van der Waals surface area (Å²) in [7, 11) is 0. The summed E-state index contributed by atoms with van der Waals surface area (Å²) in [5.74, 6) is 1.77. The second-order valence-electron chi connectivity index (χ2n) is 7.75. The fourth-order valence-corrected chi connectivity index (χ4v) is 4.61. The van der Waals surface area contributed by atoms with Crippen LogP contribution in [0, 0.1) is 0 Å². The maximum Gasteiger partial charge on any atom is 0.254 e. The number of likely N-dealkylation sites (tertiary alicyclic amines) is 1. The molecule has 4 nitrogen and oxygen atoms in total. The van der Waals surface area contributed by atoms with Gasteiger partial charge in [0.1, 0.15) is 0 Å². The smallest absolute Gasteiger partial charge is 0.254 e. The van der Waals surface area contributed by atoms with Crippen LogP contribution in [0.2, 0.25) is 0 Å². The van der Waals surface area contributed by atoms with Crippen LogP contribution in [0.15, 0.2) is 36.4 Å². The van der Waals surface area contributed by atoms with Gasteiger partial charge in [-0.25, -0.2) is 0 Å². The third-order valence-electron chi connectivity index (χ3n) is 6.02. The largest absolute Gasteiger partial charge is 0.490 e. The first-order valence-electron chi connectivity index (χ1n) is 10.1. The molecule has 27 heavy (non-hydrogen) atoms. The molecule has 2 aromatic rings. The van der Waals surface area contributed by atoms with Crippen molar-refractivity contribution in [3.05, 3.63) is 58.7 Å². The quantitative estimate of drug-likeness (QED) is 0.798. The van der Waals surface area contributed by atoms with Gasteiger partial charge >= 0.3 is 0 Å². The lowest BCUT2D eigenvalue weighted by Crippen LogP contribution is -2.30. The number of fused-ring (bicyclic) bond motifs is 2. The van der Waals surface area contributed by atoms with Gasteiger partial charge < -0.3 is 14.4 Å². The van der Waals surface area contributed by atoms with Gasteiger partial charge in [-0.2, -0.15) is 0 Å². The van der Waals surface area contributed by atoms with Crippen molar-refractivity contribution in [2.24, 2.45) is 0 Å². The highest BCUT2D eigenvalue weighted by Crippen LogP contribution is 2.38. The second kappa shape index (κ2) is 6.91. The highest BCUT2D eigenvalue weighted by atomic mass is 16.5. The number of hydrogen-bond acceptors (Lipinski definition) is 3. The van der Waals surface area contributed by atoms with E-state index >= 15 is 0 Å². The lowest BCUT2D eigenvalue weighted by molar-refractivity contribution is 0.0735.